The lowest BCUT2D eigenvalue weighted by atomic mass is 10.1. The smallest absolute Gasteiger partial charge is 0.336 e. The van der Waals surface area contributed by atoms with E-state index in [9.17, 15) is 9.90 Å². The Bertz CT molecular complexity index is 1380. The van der Waals surface area contributed by atoms with Crippen LogP contribution in [0.2, 0.25) is 5.02 Å². The highest BCUT2D eigenvalue weighted by Crippen LogP contribution is 2.30. The van der Waals surface area contributed by atoms with Crippen molar-refractivity contribution in [2.24, 2.45) is 0 Å². The first-order valence-electron chi connectivity index (χ1n) is 10.3. The highest BCUT2D eigenvalue weighted by Gasteiger charge is 2.19. The van der Waals surface area contributed by atoms with E-state index in [-0.39, 0.29) is 11.6 Å². The number of carboxylic acids is 1. The number of aryl methyl sites for hydroxylation is 1. The predicted octanol–water partition coefficient (Wildman–Crippen LogP) is 4.77. The standard InChI is InChI=1S/C24H20ClN5O3/c1-14-7-8-17(9-18(14)23(31)32)33-24-27-20-10-19(25)21(28-22(20)29-24)16-11-26-30(13-16)12-15-5-3-2-4-6-15/h2-10,13,26H,11-12H2,1H3,(H,31,32)(H,27,28,29). The van der Waals surface area contributed by atoms with Crippen LogP contribution in [-0.4, -0.2) is 37.6 Å². The number of nitrogens with zero attached hydrogens (tertiary/aromatic N) is 3. The van der Waals surface area contributed by atoms with Crippen molar-refractivity contribution in [3.63, 3.8) is 0 Å². The van der Waals surface area contributed by atoms with E-state index in [0.29, 0.717) is 39.7 Å². The van der Waals surface area contributed by atoms with E-state index in [1.807, 2.05) is 29.4 Å². The monoisotopic (exact) mass is 461 g/mol. The maximum atomic E-state index is 11.4. The van der Waals surface area contributed by atoms with E-state index in [2.05, 4.69) is 32.5 Å². The molecular weight excluding hydrogens is 442 g/mol. The number of hydrazine groups is 1. The zero-order valence-electron chi connectivity index (χ0n) is 17.7. The highest BCUT2D eigenvalue weighted by atomic mass is 35.5. The lowest BCUT2D eigenvalue weighted by Crippen LogP contribution is -2.28. The van der Waals surface area contributed by atoms with Gasteiger partial charge in [-0.1, -0.05) is 48.0 Å². The Morgan fingerprint density at radius 2 is 2.00 bits per heavy atom. The summed E-state index contributed by atoms with van der Waals surface area (Å²) in [6, 6.07) is 17.0. The van der Waals surface area contributed by atoms with Gasteiger partial charge in [0.05, 0.1) is 28.3 Å². The fraction of sp³-hybridized carbons (Fsp3) is 0.125. The van der Waals surface area contributed by atoms with Crippen molar-refractivity contribution in [1.82, 2.24) is 25.4 Å². The summed E-state index contributed by atoms with van der Waals surface area (Å²) in [4.78, 5) is 23.5. The van der Waals surface area contributed by atoms with Crippen LogP contribution in [0.15, 0.2) is 60.8 Å². The van der Waals surface area contributed by atoms with Crippen molar-refractivity contribution in [3.05, 3.63) is 88.2 Å². The number of aromatic carboxylic acids is 1. The number of carbonyl (C=O) groups is 1. The molecule has 0 unspecified atom stereocenters. The molecule has 5 rings (SSSR count). The lowest BCUT2D eigenvalue weighted by Gasteiger charge is -2.15. The molecule has 0 atom stereocenters. The number of hydrogen-bond acceptors (Lipinski definition) is 6. The number of aromatic nitrogens is 3. The fourth-order valence-corrected chi connectivity index (χ4v) is 3.94. The Kier molecular flexibility index (Phi) is 5.45. The number of nitrogens with one attached hydrogen (secondary N) is 2. The number of aromatic amines is 1. The summed E-state index contributed by atoms with van der Waals surface area (Å²) in [5, 5.41) is 11.8. The molecule has 2 aromatic carbocycles. The minimum absolute atomic E-state index is 0.174. The Morgan fingerprint density at radius 3 is 2.79 bits per heavy atom. The Balaban J connectivity index is 1.39. The van der Waals surface area contributed by atoms with Gasteiger partial charge in [-0.3, -0.25) is 0 Å². The Labute approximate surface area is 194 Å². The van der Waals surface area contributed by atoms with Crippen LogP contribution in [0, 0.1) is 6.92 Å². The number of imidazole rings is 1. The normalized spacial score (nSPS) is 13.4. The molecule has 3 N–H and O–H groups in total. The van der Waals surface area contributed by atoms with E-state index >= 15 is 0 Å². The number of benzene rings is 2. The lowest BCUT2D eigenvalue weighted by molar-refractivity contribution is 0.0695. The van der Waals surface area contributed by atoms with Crippen molar-refractivity contribution in [2.75, 3.05) is 6.54 Å². The number of rotatable bonds is 6. The van der Waals surface area contributed by atoms with Crippen LogP contribution < -0.4 is 10.2 Å². The maximum absolute atomic E-state index is 11.4. The van der Waals surface area contributed by atoms with Crippen LogP contribution >= 0.6 is 11.6 Å². The summed E-state index contributed by atoms with van der Waals surface area (Å²) in [6.45, 7) is 3.05. The third-order valence-electron chi connectivity index (χ3n) is 5.34. The van der Waals surface area contributed by atoms with Gasteiger partial charge in [-0.25, -0.2) is 15.2 Å². The summed E-state index contributed by atoms with van der Waals surface area (Å²) >= 11 is 6.53. The zero-order chi connectivity index (χ0) is 22.9. The highest BCUT2D eigenvalue weighted by molar-refractivity contribution is 6.32. The number of H-pyrrole nitrogens is 1. The molecule has 0 amide bonds. The number of pyridine rings is 1. The van der Waals surface area contributed by atoms with Crippen LogP contribution in [0.4, 0.5) is 0 Å². The molecular formula is C24H20ClN5O3. The minimum Gasteiger partial charge on any atom is -0.478 e. The molecule has 1 aliphatic heterocycles. The largest absolute Gasteiger partial charge is 0.478 e. The fourth-order valence-electron chi connectivity index (χ4n) is 3.67. The van der Waals surface area contributed by atoms with Crippen LogP contribution in [0.5, 0.6) is 11.8 Å². The van der Waals surface area contributed by atoms with Gasteiger partial charge in [-0.15, -0.1) is 0 Å². The van der Waals surface area contributed by atoms with Gasteiger partial charge in [0.15, 0.2) is 5.65 Å². The number of ether oxygens (including phenoxy) is 1. The van der Waals surface area contributed by atoms with E-state index < -0.39 is 5.97 Å². The molecule has 0 spiro atoms. The molecule has 0 fully saturated rings. The van der Waals surface area contributed by atoms with E-state index in [1.54, 1.807) is 25.1 Å². The second-order valence-corrected chi connectivity index (χ2v) is 8.13. The molecule has 2 aromatic heterocycles. The van der Waals surface area contributed by atoms with Crippen molar-refractivity contribution in [3.8, 4) is 11.8 Å². The maximum Gasteiger partial charge on any atom is 0.336 e. The second kappa shape index (κ2) is 8.57. The van der Waals surface area contributed by atoms with Crippen molar-refractivity contribution in [1.29, 1.82) is 0 Å². The average molecular weight is 462 g/mol. The third kappa shape index (κ3) is 4.39. The Hall–Kier alpha value is -3.88. The first kappa shape index (κ1) is 21.0. The third-order valence-corrected chi connectivity index (χ3v) is 5.63. The van der Waals surface area contributed by atoms with Crippen molar-refractivity contribution < 1.29 is 14.6 Å². The van der Waals surface area contributed by atoms with Crippen LogP contribution in [0.25, 0.3) is 16.7 Å². The van der Waals surface area contributed by atoms with E-state index in [1.165, 1.54) is 11.6 Å². The van der Waals surface area contributed by atoms with Crippen LogP contribution in [0.3, 0.4) is 0 Å². The minimum atomic E-state index is -1.01. The molecule has 33 heavy (non-hydrogen) atoms. The molecule has 3 heterocycles. The van der Waals surface area contributed by atoms with Gasteiger partial charge in [0.1, 0.15) is 5.75 Å². The SMILES string of the molecule is Cc1ccc(Oc2nc3nc(C4=CN(Cc5ccccc5)NC4)c(Cl)cc3[nH]2)cc1C(=O)O. The number of halogens is 1. The molecule has 9 heteroatoms. The summed E-state index contributed by atoms with van der Waals surface area (Å²) in [5.41, 5.74) is 8.02. The first-order chi connectivity index (χ1) is 16.0. The summed E-state index contributed by atoms with van der Waals surface area (Å²) < 4.78 is 5.75. The number of carboxylic acid groups (broad SMARTS) is 1. The second-order valence-electron chi connectivity index (χ2n) is 7.72. The molecule has 0 saturated heterocycles. The molecule has 0 radical (unpaired) electrons. The van der Waals surface area contributed by atoms with Crippen molar-refractivity contribution in [2.45, 2.75) is 13.5 Å². The van der Waals surface area contributed by atoms with Crippen LogP contribution in [0.1, 0.15) is 27.2 Å². The summed E-state index contributed by atoms with van der Waals surface area (Å²) in [6.07, 6.45) is 2.00. The molecule has 4 aromatic rings. The summed E-state index contributed by atoms with van der Waals surface area (Å²) in [7, 11) is 0. The van der Waals surface area contributed by atoms with Gasteiger partial charge in [0, 0.05) is 18.3 Å². The van der Waals surface area contributed by atoms with Crippen LogP contribution in [-0.2, 0) is 6.54 Å². The molecule has 0 aliphatic carbocycles. The molecule has 0 bridgehead atoms. The Morgan fingerprint density at radius 1 is 1.18 bits per heavy atom. The topological polar surface area (TPSA) is 103 Å². The van der Waals surface area contributed by atoms with Gasteiger partial charge in [-0.2, -0.15) is 4.98 Å². The predicted molar refractivity (Wildman–Crippen MR) is 125 cm³/mol. The van der Waals surface area contributed by atoms with Gasteiger partial charge < -0.3 is 19.8 Å². The molecule has 8 nitrogen and oxygen atoms in total. The van der Waals surface area contributed by atoms with Crippen molar-refractivity contribution >= 4 is 34.3 Å². The first-order valence-corrected chi connectivity index (χ1v) is 10.7. The van der Waals surface area contributed by atoms with Gasteiger partial charge in [-0.05, 0) is 36.2 Å². The van der Waals surface area contributed by atoms with Gasteiger partial charge in [0.2, 0.25) is 0 Å². The van der Waals surface area contributed by atoms with Gasteiger partial charge in [0.25, 0.3) is 0 Å². The zero-order valence-corrected chi connectivity index (χ0v) is 18.4. The number of hydrogen-bond donors (Lipinski definition) is 3. The molecule has 166 valence electrons. The van der Waals surface area contributed by atoms with E-state index in [4.69, 9.17) is 16.3 Å². The molecule has 0 saturated carbocycles. The summed E-state index contributed by atoms with van der Waals surface area (Å²) in [5.74, 6) is -0.650. The van der Waals surface area contributed by atoms with E-state index in [0.717, 1.165) is 12.1 Å². The number of fused-ring (bicyclic) bond motifs is 1. The quantitative estimate of drug-likeness (QED) is 0.380. The molecule has 1 aliphatic rings. The van der Waals surface area contributed by atoms with Gasteiger partial charge >= 0.3 is 12.0 Å². The average Bonchev–Trinajstić information content (AvgIpc) is 3.41.